The molecule has 2 aromatic heterocycles. The van der Waals surface area contributed by atoms with E-state index in [1.807, 2.05) is 19.1 Å². The highest BCUT2D eigenvalue weighted by Gasteiger charge is 2.15. The number of nitrogens with one attached hydrogen (secondary N) is 1. The third-order valence-corrected chi connectivity index (χ3v) is 4.05. The van der Waals surface area contributed by atoms with Gasteiger partial charge in [-0.1, -0.05) is 36.7 Å². The molecule has 0 fully saturated rings. The molecule has 3 aromatic rings. The Kier molecular flexibility index (Phi) is 4.66. The molecule has 2 heterocycles. The number of halogens is 1. The molecule has 1 amide bonds. The minimum absolute atomic E-state index is 0.120. The average Bonchev–Trinajstić information content (AvgIpc) is 2.90. The second-order valence-corrected chi connectivity index (χ2v) is 5.89. The third kappa shape index (κ3) is 3.33. The first-order valence-corrected chi connectivity index (χ1v) is 8.05. The molecule has 7 heteroatoms. The molecule has 24 heavy (non-hydrogen) atoms. The summed E-state index contributed by atoms with van der Waals surface area (Å²) in [6, 6.07) is 12.5. The second-order valence-electron chi connectivity index (χ2n) is 5.45. The van der Waals surface area contributed by atoms with Gasteiger partial charge < -0.3 is 5.32 Å². The van der Waals surface area contributed by atoms with Crippen molar-refractivity contribution in [2.75, 3.05) is 0 Å². The molecule has 6 nitrogen and oxygen atoms in total. The summed E-state index contributed by atoms with van der Waals surface area (Å²) in [6.07, 6.45) is 2.36. The lowest BCUT2D eigenvalue weighted by atomic mass is 10.0. The number of rotatable bonds is 5. The summed E-state index contributed by atoms with van der Waals surface area (Å²) in [4.78, 5) is 24.5. The first-order chi connectivity index (χ1) is 11.6. The first kappa shape index (κ1) is 16.3. The van der Waals surface area contributed by atoms with Gasteiger partial charge in [0.25, 0.3) is 0 Å². The SMILES string of the molecule is CCC(NC(=O)Cn1nc2ccccn2c1=O)c1ccc(Cl)cc1. The molecule has 0 saturated heterocycles. The molecule has 0 spiro atoms. The highest BCUT2D eigenvalue weighted by Crippen LogP contribution is 2.19. The van der Waals surface area contributed by atoms with E-state index in [2.05, 4.69) is 10.4 Å². The number of hydrogen-bond acceptors (Lipinski definition) is 3. The van der Waals surface area contributed by atoms with Gasteiger partial charge in [0.2, 0.25) is 5.91 Å². The van der Waals surface area contributed by atoms with E-state index in [-0.39, 0.29) is 24.2 Å². The third-order valence-electron chi connectivity index (χ3n) is 3.80. The fraction of sp³-hybridized carbons (Fsp3) is 0.235. The van der Waals surface area contributed by atoms with Crippen molar-refractivity contribution in [1.82, 2.24) is 19.5 Å². The molecule has 1 atom stereocenters. The van der Waals surface area contributed by atoms with Crippen molar-refractivity contribution >= 4 is 23.2 Å². The smallest absolute Gasteiger partial charge is 0.348 e. The molecular weight excluding hydrogens is 328 g/mol. The largest absolute Gasteiger partial charge is 0.350 e. The summed E-state index contributed by atoms with van der Waals surface area (Å²) in [5.41, 5.74) is 1.15. The zero-order chi connectivity index (χ0) is 17.1. The molecule has 0 saturated carbocycles. The van der Waals surface area contributed by atoms with Crippen LogP contribution in [0.15, 0.2) is 53.5 Å². The predicted octanol–water partition coefficient (Wildman–Crippen LogP) is 2.42. The summed E-state index contributed by atoms with van der Waals surface area (Å²) in [6.45, 7) is 1.86. The maximum Gasteiger partial charge on any atom is 0.350 e. The van der Waals surface area contributed by atoms with Gasteiger partial charge >= 0.3 is 5.69 Å². The van der Waals surface area contributed by atoms with E-state index in [0.717, 1.165) is 12.0 Å². The predicted molar refractivity (Wildman–Crippen MR) is 92.1 cm³/mol. The Morgan fingerprint density at radius 1 is 1.25 bits per heavy atom. The minimum Gasteiger partial charge on any atom is -0.348 e. The Labute approximate surface area is 143 Å². The maximum absolute atomic E-state index is 12.3. The van der Waals surface area contributed by atoms with Crippen LogP contribution in [-0.2, 0) is 11.3 Å². The standard InChI is InChI=1S/C17H17ClN4O2/c1-2-14(12-6-8-13(18)9-7-12)19-16(23)11-22-17(24)21-10-4-3-5-15(21)20-22/h3-10,14H,2,11H2,1H3,(H,19,23). The van der Waals surface area contributed by atoms with Crippen LogP contribution < -0.4 is 11.0 Å². The fourth-order valence-corrected chi connectivity index (χ4v) is 2.69. The van der Waals surface area contributed by atoms with Crippen molar-refractivity contribution < 1.29 is 4.79 Å². The molecule has 0 bridgehead atoms. The Hall–Kier alpha value is -2.60. The number of benzene rings is 1. The topological polar surface area (TPSA) is 68.4 Å². The second kappa shape index (κ2) is 6.88. The van der Waals surface area contributed by atoms with E-state index in [9.17, 15) is 9.59 Å². The van der Waals surface area contributed by atoms with Gasteiger partial charge in [-0.05, 0) is 36.2 Å². The van der Waals surface area contributed by atoms with Crippen molar-refractivity contribution in [2.24, 2.45) is 0 Å². The number of hydrogen-bond donors (Lipinski definition) is 1. The summed E-state index contributed by atoms with van der Waals surface area (Å²) >= 11 is 5.89. The Morgan fingerprint density at radius 2 is 2.00 bits per heavy atom. The van der Waals surface area contributed by atoms with E-state index >= 15 is 0 Å². The number of carbonyl (C=O) groups excluding carboxylic acids is 1. The van der Waals surface area contributed by atoms with Crippen LogP contribution in [0.4, 0.5) is 0 Å². The van der Waals surface area contributed by atoms with Gasteiger partial charge in [-0.3, -0.25) is 9.20 Å². The number of pyridine rings is 1. The van der Waals surface area contributed by atoms with Crippen LogP contribution >= 0.6 is 11.6 Å². The van der Waals surface area contributed by atoms with Crippen LogP contribution in [0, 0.1) is 0 Å². The summed E-state index contributed by atoms with van der Waals surface area (Å²) in [7, 11) is 0. The maximum atomic E-state index is 12.3. The van der Waals surface area contributed by atoms with E-state index in [1.54, 1.807) is 36.5 Å². The van der Waals surface area contributed by atoms with Crippen molar-refractivity contribution in [3.63, 3.8) is 0 Å². The van der Waals surface area contributed by atoms with E-state index in [1.165, 1.54) is 9.08 Å². The van der Waals surface area contributed by atoms with Gasteiger partial charge in [0.1, 0.15) is 6.54 Å². The fourth-order valence-electron chi connectivity index (χ4n) is 2.56. The average molecular weight is 345 g/mol. The lowest BCUT2D eigenvalue weighted by molar-refractivity contribution is -0.122. The first-order valence-electron chi connectivity index (χ1n) is 7.67. The lowest BCUT2D eigenvalue weighted by Gasteiger charge is -2.17. The van der Waals surface area contributed by atoms with Gasteiger partial charge in [-0.2, -0.15) is 0 Å². The molecule has 1 unspecified atom stereocenters. The molecule has 1 aromatic carbocycles. The van der Waals surface area contributed by atoms with Gasteiger partial charge in [0.15, 0.2) is 5.65 Å². The minimum atomic E-state index is -0.333. The van der Waals surface area contributed by atoms with Crippen molar-refractivity contribution in [3.8, 4) is 0 Å². The summed E-state index contributed by atoms with van der Waals surface area (Å²) in [5, 5.41) is 7.74. The van der Waals surface area contributed by atoms with E-state index in [4.69, 9.17) is 11.6 Å². The molecule has 124 valence electrons. The van der Waals surface area contributed by atoms with Crippen LogP contribution in [0.1, 0.15) is 24.9 Å². The lowest BCUT2D eigenvalue weighted by Crippen LogP contribution is -2.34. The zero-order valence-corrected chi connectivity index (χ0v) is 13.9. The number of aromatic nitrogens is 3. The molecule has 0 aliphatic carbocycles. The highest BCUT2D eigenvalue weighted by molar-refractivity contribution is 6.30. The van der Waals surface area contributed by atoms with Crippen LogP contribution in [0.2, 0.25) is 5.02 Å². The Bertz CT molecular complexity index is 914. The van der Waals surface area contributed by atoms with Crippen molar-refractivity contribution in [2.45, 2.75) is 25.9 Å². The van der Waals surface area contributed by atoms with Gasteiger partial charge in [0.05, 0.1) is 6.04 Å². The number of nitrogens with zero attached hydrogens (tertiary/aromatic N) is 3. The van der Waals surface area contributed by atoms with E-state index < -0.39 is 0 Å². The zero-order valence-electron chi connectivity index (χ0n) is 13.1. The van der Waals surface area contributed by atoms with Gasteiger partial charge in [-0.15, -0.1) is 5.10 Å². The Balaban J connectivity index is 1.75. The van der Waals surface area contributed by atoms with Crippen molar-refractivity contribution in [1.29, 1.82) is 0 Å². The molecule has 0 aliphatic rings. The summed E-state index contributed by atoms with van der Waals surface area (Å²) < 4.78 is 2.57. The monoisotopic (exact) mass is 344 g/mol. The molecular formula is C17H17ClN4O2. The molecule has 3 rings (SSSR count). The van der Waals surface area contributed by atoms with Crippen LogP contribution in [-0.4, -0.2) is 20.1 Å². The highest BCUT2D eigenvalue weighted by atomic mass is 35.5. The van der Waals surface area contributed by atoms with Crippen LogP contribution in [0.25, 0.3) is 5.65 Å². The normalized spacial score (nSPS) is 12.2. The number of fused-ring (bicyclic) bond motifs is 1. The molecule has 1 N–H and O–H groups in total. The number of amides is 1. The molecule has 0 aliphatic heterocycles. The van der Waals surface area contributed by atoms with Crippen molar-refractivity contribution in [3.05, 3.63) is 69.7 Å². The summed E-state index contributed by atoms with van der Waals surface area (Å²) in [5.74, 6) is -0.262. The quantitative estimate of drug-likeness (QED) is 0.772. The van der Waals surface area contributed by atoms with Crippen LogP contribution in [0.3, 0.4) is 0 Å². The van der Waals surface area contributed by atoms with Gasteiger partial charge in [-0.25, -0.2) is 9.48 Å². The number of carbonyl (C=O) groups is 1. The van der Waals surface area contributed by atoms with Gasteiger partial charge in [0, 0.05) is 11.2 Å². The van der Waals surface area contributed by atoms with E-state index in [0.29, 0.717) is 10.7 Å². The Morgan fingerprint density at radius 3 is 2.67 bits per heavy atom. The van der Waals surface area contributed by atoms with Crippen LogP contribution in [0.5, 0.6) is 0 Å². The molecule has 0 radical (unpaired) electrons.